The fraction of sp³-hybridized carbons (Fsp3) is 0.455. The zero-order valence-corrected chi connectivity index (χ0v) is 17.1. The van der Waals surface area contributed by atoms with Crippen molar-refractivity contribution in [3.8, 4) is 5.75 Å². The molecule has 6 heteroatoms. The molecule has 1 N–H and O–H groups in total. The third-order valence-corrected chi connectivity index (χ3v) is 4.83. The van der Waals surface area contributed by atoms with Crippen molar-refractivity contribution < 1.29 is 14.3 Å². The van der Waals surface area contributed by atoms with Gasteiger partial charge in [-0.05, 0) is 51.5 Å². The molecule has 0 radical (unpaired) electrons. The van der Waals surface area contributed by atoms with E-state index in [1.165, 1.54) is 0 Å². The molecule has 3 rings (SSSR count). The van der Waals surface area contributed by atoms with E-state index in [1.807, 2.05) is 56.0 Å². The zero-order chi connectivity index (χ0) is 20.1. The quantitative estimate of drug-likeness (QED) is 0.786. The van der Waals surface area contributed by atoms with Crippen LogP contribution >= 0.6 is 0 Å². The summed E-state index contributed by atoms with van der Waals surface area (Å²) < 4.78 is 10.7. The molecule has 1 atom stereocenters. The summed E-state index contributed by atoms with van der Waals surface area (Å²) in [4.78, 5) is 18.9. The first kappa shape index (κ1) is 20.1. The van der Waals surface area contributed by atoms with Gasteiger partial charge in [-0.2, -0.15) is 0 Å². The molecule has 1 aromatic carbocycles. The van der Waals surface area contributed by atoms with Crippen LogP contribution in [0.4, 0.5) is 11.4 Å². The van der Waals surface area contributed by atoms with Gasteiger partial charge in [-0.1, -0.05) is 6.07 Å². The van der Waals surface area contributed by atoms with Crippen LogP contribution in [0.15, 0.2) is 36.4 Å². The number of methoxy groups -OCH3 is 1. The number of pyridine rings is 1. The number of likely N-dealkylation sites (tertiary alicyclic amines) is 1. The lowest BCUT2D eigenvalue weighted by molar-refractivity contribution is -0.136. The number of amides is 1. The lowest BCUT2D eigenvalue weighted by Crippen LogP contribution is -2.32. The van der Waals surface area contributed by atoms with E-state index in [2.05, 4.69) is 11.4 Å². The summed E-state index contributed by atoms with van der Waals surface area (Å²) in [6.07, 6.45) is 0.980. The number of rotatable bonds is 7. The lowest BCUT2D eigenvalue weighted by atomic mass is 10.0. The topological polar surface area (TPSA) is 63.7 Å². The summed E-state index contributed by atoms with van der Waals surface area (Å²) in [5, 5.41) is 3.43. The molecule has 1 aliphatic rings. The van der Waals surface area contributed by atoms with Gasteiger partial charge in [-0.15, -0.1) is 0 Å². The van der Waals surface area contributed by atoms with Crippen LogP contribution in [0.2, 0.25) is 0 Å². The highest BCUT2D eigenvalue weighted by Gasteiger charge is 2.28. The number of anilines is 2. The number of aromatic nitrogens is 1. The minimum absolute atomic E-state index is 0.0542. The molecule has 0 unspecified atom stereocenters. The SMILES string of the molecule is COc1cccc(Nc2cc(C)nc([C@H]3CCN(C(=O)COC(C)C)C3)c2)c1. The second-order valence-electron chi connectivity index (χ2n) is 7.46. The van der Waals surface area contributed by atoms with Crippen molar-refractivity contribution in [1.29, 1.82) is 0 Å². The van der Waals surface area contributed by atoms with Crippen molar-refractivity contribution in [3.63, 3.8) is 0 Å². The molecular weight excluding hydrogens is 354 g/mol. The Kier molecular flexibility index (Phi) is 6.52. The molecule has 0 spiro atoms. The van der Waals surface area contributed by atoms with Crippen molar-refractivity contribution >= 4 is 17.3 Å². The van der Waals surface area contributed by atoms with Gasteiger partial charge in [0.05, 0.1) is 13.2 Å². The molecule has 0 aliphatic carbocycles. The summed E-state index contributed by atoms with van der Waals surface area (Å²) in [5.74, 6) is 1.11. The van der Waals surface area contributed by atoms with E-state index >= 15 is 0 Å². The molecular formula is C22H29N3O3. The number of benzene rings is 1. The van der Waals surface area contributed by atoms with E-state index in [0.29, 0.717) is 6.54 Å². The highest BCUT2D eigenvalue weighted by Crippen LogP contribution is 2.29. The molecule has 1 saturated heterocycles. The maximum atomic E-state index is 12.3. The third kappa shape index (κ3) is 5.23. The van der Waals surface area contributed by atoms with Gasteiger partial charge < -0.3 is 19.7 Å². The van der Waals surface area contributed by atoms with Crippen LogP contribution in [-0.2, 0) is 9.53 Å². The number of hydrogen-bond donors (Lipinski definition) is 1. The number of ether oxygens (including phenoxy) is 2. The van der Waals surface area contributed by atoms with E-state index < -0.39 is 0 Å². The van der Waals surface area contributed by atoms with E-state index in [9.17, 15) is 4.79 Å². The van der Waals surface area contributed by atoms with Crippen molar-refractivity contribution in [1.82, 2.24) is 9.88 Å². The molecule has 0 saturated carbocycles. The molecule has 6 nitrogen and oxygen atoms in total. The van der Waals surface area contributed by atoms with Gasteiger partial charge in [-0.3, -0.25) is 9.78 Å². The van der Waals surface area contributed by atoms with Gasteiger partial charge >= 0.3 is 0 Å². The number of carbonyl (C=O) groups excluding carboxylic acids is 1. The van der Waals surface area contributed by atoms with Crippen molar-refractivity contribution in [2.24, 2.45) is 0 Å². The van der Waals surface area contributed by atoms with Crippen molar-refractivity contribution in [2.45, 2.75) is 39.2 Å². The molecule has 0 bridgehead atoms. The standard InChI is InChI=1S/C22H29N3O3/c1-15(2)28-14-22(26)25-9-8-17(13-25)21-12-19(10-16(3)23-21)24-18-6-5-7-20(11-18)27-4/h5-7,10-12,15,17H,8-9,13-14H2,1-4H3,(H,23,24)/t17-/m0/s1. The summed E-state index contributed by atoms with van der Waals surface area (Å²) in [6, 6.07) is 11.9. The first-order valence-electron chi connectivity index (χ1n) is 9.73. The first-order chi connectivity index (χ1) is 13.4. The molecule has 2 heterocycles. The zero-order valence-electron chi connectivity index (χ0n) is 17.1. The summed E-state index contributed by atoms with van der Waals surface area (Å²) in [7, 11) is 1.66. The van der Waals surface area contributed by atoms with Crippen LogP contribution in [0.25, 0.3) is 0 Å². The van der Waals surface area contributed by atoms with E-state index in [4.69, 9.17) is 14.5 Å². The Hall–Kier alpha value is -2.60. The predicted octanol–water partition coefficient (Wildman–Crippen LogP) is 3.88. The molecule has 150 valence electrons. The maximum absolute atomic E-state index is 12.3. The second-order valence-corrected chi connectivity index (χ2v) is 7.46. The van der Waals surface area contributed by atoms with Gasteiger partial charge in [0.2, 0.25) is 5.91 Å². The number of nitrogens with zero attached hydrogens (tertiary/aromatic N) is 2. The van der Waals surface area contributed by atoms with Crippen LogP contribution < -0.4 is 10.1 Å². The fourth-order valence-corrected chi connectivity index (χ4v) is 3.40. The largest absolute Gasteiger partial charge is 0.497 e. The molecule has 1 amide bonds. The minimum atomic E-state index is 0.0542. The van der Waals surface area contributed by atoms with Crippen LogP contribution in [-0.4, -0.2) is 48.7 Å². The van der Waals surface area contributed by atoms with E-state index in [-0.39, 0.29) is 24.5 Å². The van der Waals surface area contributed by atoms with Crippen molar-refractivity contribution in [2.75, 3.05) is 32.1 Å². The Balaban J connectivity index is 1.69. The van der Waals surface area contributed by atoms with E-state index in [0.717, 1.165) is 41.5 Å². The van der Waals surface area contributed by atoms with Gasteiger partial charge in [-0.25, -0.2) is 0 Å². The Morgan fingerprint density at radius 1 is 1.29 bits per heavy atom. The minimum Gasteiger partial charge on any atom is -0.497 e. The number of carbonyl (C=O) groups is 1. The molecule has 1 aromatic heterocycles. The van der Waals surface area contributed by atoms with Crippen LogP contribution in [0, 0.1) is 6.92 Å². The Morgan fingerprint density at radius 3 is 2.86 bits per heavy atom. The van der Waals surface area contributed by atoms with Crippen molar-refractivity contribution in [3.05, 3.63) is 47.8 Å². The van der Waals surface area contributed by atoms with Gasteiger partial charge in [0, 0.05) is 47.8 Å². The summed E-state index contributed by atoms with van der Waals surface area (Å²) in [6.45, 7) is 7.46. The van der Waals surface area contributed by atoms with Crippen LogP contribution in [0.3, 0.4) is 0 Å². The van der Waals surface area contributed by atoms with E-state index in [1.54, 1.807) is 7.11 Å². The average molecular weight is 383 g/mol. The molecule has 2 aromatic rings. The second kappa shape index (κ2) is 9.06. The fourth-order valence-electron chi connectivity index (χ4n) is 3.40. The number of aryl methyl sites for hydroxylation is 1. The Morgan fingerprint density at radius 2 is 2.11 bits per heavy atom. The third-order valence-electron chi connectivity index (χ3n) is 4.83. The monoisotopic (exact) mass is 383 g/mol. The number of nitrogens with one attached hydrogen (secondary N) is 1. The molecule has 1 fully saturated rings. The van der Waals surface area contributed by atoms with Gasteiger partial charge in [0.15, 0.2) is 0 Å². The molecule has 28 heavy (non-hydrogen) atoms. The summed E-state index contributed by atoms with van der Waals surface area (Å²) >= 11 is 0. The van der Waals surface area contributed by atoms with Crippen LogP contribution in [0.1, 0.15) is 37.6 Å². The van der Waals surface area contributed by atoms with Gasteiger partial charge in [0.1, 0.15) is 12.4 Å². The average Bonchev–Trinajstić information content (AvgIpc) is 3.16. The number of hydrogen-bond acceptors (Lipinski definition) is 5. The Bertz CT molecular complexity index is 822. The maximum Gasteiger partial charge on any atom is 0.248 e. The smallest absolute Gasteiger partial charge is 0.248 e. The lowest BCUT2D eigenvalue weighted by Gasteiger charge is -2.18. The normalized spacial score (nSPS) is 16.5. The summed E-state index contributed by atoms with van der Waals surface area (Å²) in [5.41, 5.74) is 3.93. The highest BCUT2D eigenvalue weighted by atomic mass is 16.5. The highest BCUT2D eigenvalue weighted by molar-refractivity contribution is 5.77. The van der Waals surface area contributed by atoms with Crippen LogP contribution in [0.5, 0.6) is 5.75 Å². The first-order valence-corrected chi connectivity index (χ1v) is 9.73. The Labute approximate surface area is 166 Å². The van der Waals surface area contributed by atoms with Gasteiger partial charge in [0.25, 0.3) is 0 Å². The molecule has 1 aliphatic heterocycles. The predicted molar refractivity (Wildman–Crippen MR) is 110 cm³/mol.